The summed E-state index contributed by atoms with van der Waals surface area (Å²) in [5, 5.41) is 0. The lowest BCUT2D eigenvalue weighted by Crippen LogP contribution is -2.30. The van der Waals surface area contributed by atoms with E-state index in [-0.39, 0.29) is 10.5 Å². The lowest BCUT2D eigenvalue weighted by molar-refractivity contribution is 0.501. The summed E-state index contributed by atoms with van der Waals surface area (Å²) >= 11 is 4.85. The molecular formula is C12H18N2OS. The molecule has 0 aromatic carbocycles. The van der Waals surface area contributed by atoms with Crippen LogP contribution in [0.5, 0.6) is 0 Å². The van der Waals surface area contributed by atoms with Crippen LogP contribution in [0, 0.1) is 12.8 Å². The minimum absolute atomic E-state index is 0.0758. The maximum atomic E-state index is 12.0. The lowest BCUT2D eigenvalue weighted by atomic mass is 10.1. The zero-order chi connectivity index (χ0) is 12.3. The first-order chi connectivity index (χ1) is 7.43. The molecular weight excluding hydrogens is 220 g/mol. The van der Waals surface area contributed by atoms with E-state index in [4.69, 9.17) is 18.0 Å². The molecule has 0 fully saturated rings. The Morgan fingerprint density at radius 2 is 2.12 bits per heavy atom. The van der Waals surface area contributed by atoms with Crippen molar-refractivity contribution in [2.24, 2.45) is 11.7 Å². The van der Waals surface area contributed by atoms with E-state index < -0.39 is 0 Å². The summed E-state index contributed by atoms with van der Waals surface area (Å²) in [6, 6.07) is 3.59. The summed E-state index contributed by atoms with van der Waals surface area (Å²) in [7, 11) is 0. The molecule has 0 atom stereocenters. The molecule has 1 aromatic rings. The molecule has 0 aliphatic heterocycles. The van der Waals surface area contributed by atoms with E-state index >= 15 is 0 Å². The Bertz CT molecular complexity index is 449. The first-order valence-electron chi connectivity index (χ1n) is 5.43. The third kappa shape index (κ3) is 2.92. The summed E-state index contributed by atoms with van der Waals surface area (Å²) in [5.41, 5.74) is 6.82. The summed E-state index contributed by atoms with van der Waals surface area (Å²) < 4.78 is 1.74. The molecule has 2 N–H and O–H groups in total. The van der Waals surface area contributed by atoms with Gasteiger partial charge < -0.3 is 10.3 Å². The van der Waals surface area contributed by atoms with E-state index in [0.29, 0.717) is 11.5 Å². The van der Waals surface area contributed by atoms with E-state index in [1.165, 1.54) is 0 Å². The number of pyridine rings is 1. The first kappa shape index (κ1) is 12.9. The van der Waals surface area contributed by atoms with Crippen LogP contribution in [0.15, 0.2) is 16.9 Å². The molecule has 0 spiro atoms. The molecule has 16 heavy (non-hydrogen) atoms. The molecule has 0 radical (unpaired) electrons. The predicted octanol–water partition coefficient (Wildman–Crippen LogP) is 1.84. The molecule has 0 amide bonds. The molecule has 0 saturated carbocycles. The van der Waals surface area contributed by atoms with Crippen molar-refractivity contribution in [2.75, 3.05) is 0 Å². The second kappa shape index (κ2) is 5.25. The predicted molar refractivity (Wildman–Crippen MR) is 70.8 cm³/mol. The fourth-order valence-electron chi connectivity index (χ4n) is 1.52. The highest BCUT2D eigenvalue weighted by Gasteiger charge is 2.08. The van der Waals surface area contributed by atoms with Crippen LogP contribution in [-0.4, -0.2) is 9.56 Å². The molecule has 0 unspecified atom stereocenters. The average Bonchev–Trinajstić information content (AvgIpc) is 2.16. The summed E-state index contributed by atoms with van der Waals surface area (Å²) in [5.74, 6) is 0.569. The smallest absolute Gasteiger partial charge is 0.260 e. The van der Waals surface area contributed by atoms with E-state index in [1.54, 1.807) is 10.6 Å². The van der Waals surface area contributed by atoms with Gasteiger partial charge in [-0.05, 0) is 31.4 Å². The number of aromatic nitrogens is 1. The van der Waals surface area contributed by atoms with Crippen LogP contribution in [0.1, 0.15) is 31.5 Å². The second-order valence-electron chi connectivity index (χ2n) is 4.39. The van der Waals surface area contributed by atoms with E-state index in [2.05, 4.69) is 13.8 Å². The number of aryl methyl sites for hydroxylation is 1. The van der Waals surface area contributed by atoms with Gasteiger partial charge in [-0.2, -0.15) is 0 Å². The minimum Gasteiger partial charge on any atom is -0.389 e. The third-order valence-electron chi connectivity index (χ3n) is 2.59. The number of hydrogen-bond donors (Lipinski definition) is 1. The molecule has 0 aliphatic carbocycles. The summed E-state index contributed by atoms with van der Waals surface area (Å²) in [6.45, 7) is 6.92. The van der Waals surface area contributed by atoms with Crippen LogP contribution in [0.2, 0.25) is 0 Å². The van der Waals surface area contributed by atoms with Gasteiger partial charge in [0.05, 0.1) is 5.56 Å². The highest BCUT2D eigenvalue weighted by molar-refractivity contribution is 7.80. The number of nitrogens with two attached hydrogens (primary N) is 1. The Labute approximate surface area is 101 Å². The van der Waals surface area contributed by atoms with Crippen molar-refractivity contribution >= 4 is 17.2 Å². The van der Waals surface area contributed by atoms with E-state index in [9.17, 15) is 4.79 Å². The number of thiocarbonyl (C=S) groups is 1. The standard InChI is InChI=1S/C12H18N2OS/c1-8(2)6-7-14-9(3)4-5-10(11(13)16)12(14)15/h4-5,8H,6-7H2,1-3H3,(H2,13,16). The van der Waals surface area contributed by atoms with Gasteiger partial charge in [-0.3, -0.25) is 4.79 Å². The van der Waals surface area contributed by atoms with Gasteiger partial charge in [0.1, 0.15) is 4.99 Å². The average molecular weight is 238 g/mol. The zero-order valence-electron chi connectivity index (χ0n) is 9.99. The van der Waals surface area contributed by atoms with Crippen LogP contribution in [0.3, 0.4) is 0 Å². The molecule has 1 aromatic heterocycles. The van der Waals surface area contributed by atoms with Gasteiger partial charge in [0.25, 0.3) is 5.56 Å². The number of hydrogen-bond acceptors (Lipinski definition) is 2. The maximum absolute atomic E-state index is 12.0. The fraction of sp³-hybridized carbons (Fsp3) is 0.500. The molecule has 4 heteroatoms. The maximum Gasteiger partial charge on any atom is 0.260 e. The van der Waals surface area contributed by atoms with Crippen LogP contribution >= 0.6 is 12.2 Å². The highest BCUT2D eigenvalue weighted by atomic mass is 32.1. The van der Waals surface area contributed by atoms with Crippen LogP contribution in [0.25, 0.3) is 0 Å². The highest BCUT2D eigenvalue weighted by Crippen LogP contribution is 2.04. The molecule has 0 aliphatic rings. The summed E-state index contributed by atoms with van der Waals surface area (Å²) in [6.07, 6.45) is 0.974. The molecule has 1 heterocycles. The first-order valence-corrected chi connectivity index (χ1v) is 5.84. The zero-order valence-corrected chi connectivity index (χ0v) is 10.8. The SMILES string of the molecule is Cc1ccc(C(N)=S)c(=O)n1CCC(C)C. The van der Waals surface area contributed by atoms with Gasteiger partial charge in [-0.25, -0.2) is 0 Å². The Morgan fingerprint density at radius 1 is 1.50 bits per heavy atom. The normalized spacial score (nSPS) is 10.8. The van der Waals surface area contributed by atoms with Crippen molar-refractivity contribution in [2.45, 2.75) is 33.7 Å². The van der Waals surface area contributed by atoms with Gasteiger partial charge in [-0.15, -0.1) is 0 Å². The van der Waals surface area contributed by atoms with Crippen LogP contribution in [0.4, 0.5) is 0 Å². The Morgan fingerprint density at radius 3 is 2.62 bits per heavy atom. The third-order valence-corrected chi connectivity index (χ3v) is 2.81. The monoisotopic (exact) mass is 238 g/mol. The Balaban J connectivity index is 3.12. The quantitative estimate of drug-likeness (QED) is 0.814. The molecule has 0 bridgehead atoms. The molecule has 88 valence electrons. The van der Waals surface area contributed by atoms with Crippen molar-refractivity contribution in [3.63, 3.8) is 0 Å². The molecule has 3 nitrogen and oxygen atoms in total. The van der Waals surface area contributed by atoms with Gasteiger partial charge in [0.2, 0.25) is 0 Å². The minimum atomic E-state index is -0.0758. The van der Waals surface area contributed by atoms with Crippen molar-refractivity contribution in [3.8, 4) is 0 Å². The van der Waals surface area contributed by atoms with E-state index in [0.717, 1.165) is 18.7 Å². The van der Waals surface area contributed by atoms with Gasteiger partial charge in [0.15, 0.2) is 0 Å². The number of nitrogens with zero attached hydrogens (tertiary/aromatic N) is 1. The van der Waals surface area contributed by atoms with Crippen molar-refractivity contribution in [3.05, 3.63) is 33.7 Å². The van der Waals surface area contributed by atoms with Gasteiger partial charge >= 0.3 is 0 Å². The van der Waals surface area contributed by atoms with Crippen molar-refractivity contribution in [1.29, 1.82) is 0 Å². The van der Waals surface area contributed by atoms with Crippen molar-refractivity contribution in [1.82, 2.24) is 4.57 Å². The summed E-state index contributed by atoms with van der Waals surface area (Å²) in [4.78, 5) is 12.2. The Kier molecular flexibility index (Phi) is 4.24. The van der Waals surface area contributed by atoms with Gasteiger partial charge in [0, 0.05) is 12.2 Å². The fourth-order valence-corrected chi connectivity index (χ4v) is 1.68. The van der Waals surface area contributed by atoms with Gasteiger partial charge in [-0.1, -0.05) is 26.1 Å². The molecule has 0 saturated heterocycles. The van der Waals surface area contributed by atoms with Crippen molar-refractivity contribution < 1.29 is 0 Å². The Hall–Kier alpha value is -1.16. The lowest BCUT2D eigenvalue weighted by Gasteiger charge is -2.12. The van der Waals surface area contributed by atoms with Crippen LogP contribution in [-0.2, 0) is 6.54 Å². The van der Waals surface area contributed by atoms with E-state index in [1.807, 2.05) is 13.0 Å². The molecule has 1 rings (SSSR count). The van der Waals surface area contributed by atoms with Crippen LogP contribution < -0.4 is 11.3 Å². The second-order valence-corrected chi connectivity index (χ2v) is 4.83. The topological polar surface area (TPSA) is 48.0 Å². The number of rotatable bonds is 4. The largest absolute Gasteiger partial charge is 0.389 e.